The van der Waals surface area contributed by atoms with Crippen LogP contribution in [0.2, 0.25) is 0 Å². The van der Waals surface area contributed by atoms with Gasteiger partial charge in [-0.15, -0.1) is 11.6 Å². The molecule has 0 aromatic rings. The molecule has 0 spiro atoms. The van der Waals surface area contributed by atoms with Crippen molar-refractivity contribution in [1.29, 1.82) is 0 Å². The SMILES string of the molecule is CCC(CCCCl)(C(C)=O)C(=O)O. The van der Waals surface area contributed by atoms with Crippen LogP contribution in [-0.4, -0.2) is 22.7 Å². The van der Waals surface area contributed by atoms with Crippen LogP contribution >= 0.6 is 11.6 Å². The Morgan fingerprint density at radius 1 is 1.46 bits per heavy atom. The van der Waals surface area contributed by atoms with Gasteiger partial charge in [-0.2, -0.15) is 0 Å². The summed E-state index contributed by atoms with van der Waals surface area (Å²) in [6.45, 7) is 3.04. The van der Waals surface area contributed by atoms with Gasteiger partial charge in [0.2, 0.25) is 0 Å². The van der Waals surface area contributed by atoms with E-state index in [4.69, 9.17) is 16.7 Å². The van der Waals surface area contributed by atoms with E-state index in [1.54, 1.807) is 6.92 Å². The number of halogens is 1. The molecule has 76 valence electrons. The maximum atomic E-state index is 11.2. The molecule has 0 saturated heterocycles. The molecule has 13 heavy (non-hydrogen) atoms. The minimum atomic E-state index is -1.21. The molecule has 1 unspecified atom stereocenters. The highest BCUT2D eigenvalue weighted by molar-refractivity contribution is 6.17. The molecule has 0 aliphatic rings. The van der Waals surface area contributed by atoms with Gasteiger partial charge in [-0.05, 0) is 26.2 Å². The van der Waals surface area contributed by atoms with E-state index in [-0.39, 0.29) is 5.78 Å². The van der Waals surface area contributed by atoms with Gasteiger partial charge in [0, 0.05) is 5.88 Å². The van der Waals surface area contributed by atoms with Crippen molar-refractivity contribution in [3.63, 3.8) is 0 Å². The Hall–Kier alpha value is -0.570. The smallest absolute Gasteiger partial charge is 0.317 e. The van der Waals surface area contributed by atoms with Gasteiger partial charge >= 0.3 is 5.97 Å². The van der Waals surface area contributed by atoms with Crippen LogP contribution in [-0.2, 0) is 9.59 Å². The number of carboxylic acid groups (broad SMARTS) is 1. The Morgan fingerprint density at radius 3 is 2.23 bits per heavy atom. The third kappa shape index (κ3) is 2.69. The van der Waals surface area contributed by atoms with Gasteiger partial charge in [0.05, 0.1) is 0 Å². The van der Waals surface area contributed by atoms with Crippen molar-refractivity contribution in [2.75, 3.05) is 5.88 Å². The molecule has 0 aromatic heterocycles. The summed E-state index contributed by atoms with van der Waals surface area (Å²) >= 11 is 5.47. The third-order valence-corrected chi connectivity index (χ3v) is 2.69. The van der Waals surface area contributed by atoms with Crippen LogP contribution in [0.25, 0.3) is 0 Å². The lowest BCUT2D eigenvalue weighted by molar-refractivity contribution is -0.155. The van der Waals surface area contributed by atoms with Gasteiger partial charge in [-0.25, -0.2) is 0 Å². The molecule has 0 aromatic carbocycles. The zero-order valence-electron chi connectivity index (χ0n) is 7.97. The Labute approximate surface area is 83.1 Å². The van der Waals surface area contributed by atoms with Gasteiger partial charge in [0.25, 0.3) is 0 Å². The topological polar surface area (TPSA) is 54.4 Å². The maximum Gasteiger partial charge on any atom is 0.317 e. The average molecular weight is 207 g/mol. The molecule has 0 amide bonds. The maximum absolute atomic E-state index is 11.2. The van der Waals surface area contributed by atoms with Crippen molar-refractivity contribution in [2.45, 2.75) is 33.1 Å². The number of hydrogen-bond donors (Lipinski definition) is 1. The first kappa shape index (κ1) is 12.4. The van der Waals surface area contributed by atoms with Crippen molar-refractivity contribution in [3.8, 4) is 0 Å². The number of alkyl halides is 1. The number of rotatable bonds is 6. The summed E-state index contributed by atoms with van der Waals surface area (Å²) in [6.07, 6.45) is 1.22. The van der Waals surface area contributed by atoms with Crippen molar-refractivity contribution in [3.05, 3.63) is 0 Å². The van der Waals surface area contributed by atoms with E-state index in [1.807, 2.05) is 0 Å². The third-order valence-electron chi connectivity index (χ3n) is 2.42. The van der Waals surface area contributed by atoms with Crippen LogP contribution in [0.1, 0.15) is 33.1 Å². The number of hydrogen-bond acceptors (Lipinski definition) is 2. The molecular weight excluding hydrogens is 192 g/mol. The lowest BCUT2D eigenvalue weighted by Gasteiger charge is -2.24. The van der Waals surface area contributed by atoms with Gasteiger partial charge in [0.1, 0.15) is 11.2 Å². The van der Waals surface area contributed by atoms with Crippen molar-refractivity contribution in [2.24, 2.45) is 5.41 Å². The van der Waals surface area contributed by atoms with Crippen LogP contribution in [0.15, 0.2) is 0 Å². The lowest BCUT2D eigenvalue weighted by Crippen LogP contribution is -2.37. The second-order valence-corrected chi connectivity index (χ2v) is 3.47. The minimum absolute atomic E-state index is 0.285. The fourth-order valence-electron chi connectivity index (χ4n) is 1.38. The number of aliphatic carboxylic acids is 1. The van der Waals surface area contributed by atoms with Gasteiger partial charge < -0.3 is 5.11 Å². The average Bonchev–Trinajstić information content (AvgIpc) is 2.05. The summed E-state index contributed by atoms with van der Waals surface area (Å²) in [5.74, 6) is -0.928. The largest absolute Gasteiger partial charge is 0.480 e. The van der Waals surface area contributed by atoms with Crippen molar-refractivity contribution in [1.82, 2.24) is 0 Å². The Bertz CT molecular complexity index is 187. The summed E-state index contributed by atoms with van der Waals surface area (Å²) in [4.78, 5) is 22.2. The molecule has 3 nitrogen and oxygen atoms in total. The van der Waals surface area contributed by atoms with Gasteiger partial charge in [0.15, 0.2) is 0 Å². The molecule has 0 heterocycles. The molecular formula is C9H15ClO3. The predicted octanol–water partition coefficient (Wildman–Crippen LogP) is 2.08. The number of Topliss-reactive ketones (excluding diaryl/α,β-unsaturated/α-hetero) is 1. The van der Waals surface area contributed by atoms with Crippen LogP contribution < -0.4 is 0 Å². The summed E-state index contributed by atoms with van der Waals surface area (Å²) < 4.78 is 0. The normalized spacial score (nSPS) is 15.0. The van der Waals surface area contributed by atoms with E-state index in [0.717, 1.165) is 0 Å². The molecule has 0 fully saturated rings. The standard InChI is InChI=1S/C9H15ClO3/c1-3-9(7(2)11,8(12)13)5-4-6-10/h3-6H2,1-2H3,(H,12,13). The van der Waals surface area contributed by atoms with E-state index in [1.165, 1.54) is 6.92 Å². The fraction of sp³-hybridized carbons (Fsp3) is 0.778. The van der Waals surface area contributed by atoms with E-state index < -0.39 is 11.4 Å². The highest BCUT2D eigenvalue weighted by atomic mass is 35.5. The zero-order chi connectivity index (χ0) is 10.5. The van der Waals surface area contributed by atoms with Crippen molar-refractivity contribution >= 4 is 23.4 Å². The van der Waals surface area contributed by atoms with Crippen LogP contribution in [0.5, 0.6) is 0 Å². The lowest BCUT2D eigenvalue weighted by atomic mass is 9.77. The number of carbonyl (C=O) groups excluding carboxylic acids is 1. The summed E-state index contributed by atoms with van der Waals surface area (Å²) in [5, 5.41) is 8.96. The molecule has 0 saturated carbocycles. The van der Waals surface area contributed by atoms with E-state index in [2.05, 4.69) is 0 Å². The van der Waals surface area contributed by atoms with Crippen LogP contribution in [0.3, 0.4) is 0 Å². The molecule has 0 bridgehead atoms. The number of carboxylic acids is 1. The van der Waals surface area contributed by atoms with Gasteiger partial charge in [-0.3, -0.25) is 9.59 Å². The van der Waals surface area contributed by atoms with Crippen molar-refractivity contribution < 1.29 is 14.7 Å². The summed E-state index contributed by atoms with van der Waals surface area (Å²) in [6, 6.07) is 0. The van der Waals surface area contributed by atoms with Crippen LogP contribution in [0, 0.1) is 5.41 Å². The molecule has 0 aliphatic heterocycles. The van der Waals surface area contributed by atoms with Crippen LogP contribution in [0.4, 0.5) is 0 Å². The zero-order valence-corrected chi connectivity index (χ0v) is 8.73. The second kappa shape index (κ2) is 5.22. The highest BCUT2D eigenvalue weighted by Gasteiger charge is 2.40. The molecule has 4 heteroatoms. The number of ketones is 1. The molecule has 0 aliphatic carbocycles. The summed E-state index contributed by atoms with van der Waals surface area (Å²) in [5.41, 5.74) is -1.21. The number of carbonyl (C=O) groups is 2. The molecule has 1 N–H and O–H groups in total. The Kier molecular flexibility index (Phi) is 4.99. The highest BCUT2D eigenvalue weighted by Crippen LogP contribution is 2.29. The van der Waals surface area contributed by atoms with Gasteiger partial charge in [-0.1, -0.05) is 6.92 Å². The Morgan fingerprint density at radius 2 is 2.00 bits per heavy atom. The second-order valence-electron chi connectivity index (χ2n) is 3.09. The van der Waals surface area contributed by atoms with E-state index in [9.17, 15) is 9.59 Å². The van der Waals surface area contributed by atoms with E-state index in [0.29, 0.717) is 25.1 Å². The monoisotopic (exact) mass is 206 g/mol. The first-order valence-electron chi connectivity index (χ1n) is 4.31. The predicted molar refractivity (Wildman–Crippen MR) is 51.0 cm³/mol. The molecule has 0 rings (SSSR count). The van der Waals surface area contributed by atoms with E-state index >= 15 is 0 Å². The minimum Gasteiger partial charge on any atom is -0.480 e. The first-order chi connectivity index (χ1) is 6.01. The molecule has 1 atom stereocenters. The fourth-order valence-corrected chi connectivity index (χ4v) is 1.51. The molecule has 0 radical (unpaired) electrons. The Balaban J connectivity index is 4.66. The summed E-state index contributed by atoms with van der Waals surface area (Å²) in [7, 11) is 0. The quantitative estimate of drug-likeness (QED) is 0.535. The first-order valence-corrected chi connectivity index (χ1v) is 4.85.